The van der Waals surface area contributed by atoms with Crippen LogP contribution < -0.4 is 10.1 Å². The third-order valence-electron chi connectivity index (χ3n) is 3.39. The lowest BCUT2D eigenvalue weighted by Crippen LogP contribution is -2.25. The molecule has 0 amide bonds. The molecule has 1 aromatic heterocycles. The summed E-state index contributed by atoms with van der Waals surface area (Å²) in [5.74, 6) is 1.76. The lowest BCUT2D eigenvalue weighted by Gasteiger charge is -2.15. The molecule has 2 aromatic rings. The fraction of sp³-hybridized carbons (Fsp3) is 0.462. The molecule has 19 heavy (non-hydrogen) atoms. The van der Waals surface area contributed by atoms with Gasteiger partial charge in [-0.15, -0.1) is 5.10 Å². The van der Waals surface area contributed by atoms with E-state index in [2.05, 4.69) is 40.8 Å². The van der Waals surface area contributed by atoms with Crippen LogP contribution in [-0.4, -0.2) is 33.4 Å². The van der Waals surface area contributed by atoms with Crippen molar-refractivity contribution in [1.82, 2.24) is 25.5 Å². The summed E-state index contributed by atoms with van der Waals surface area (Å²) >= 11 is 0. The van der Waals surface area contributed by atoms with Crippen molar-refractivity contribution in [2.24, 2.45) is 0 Å². The highest BCUT2D eigenvalue weighted by molar-refractivity contribution is 5.39. The van der Waals surface area contributed by atoms with E-state index in [1.807, 2.05) is 22.9 Å². The van der Waals surface area contributed by atoms with E-state index >= 15 is 0 Å². The van der Waals surface area contributed by atoms with Crippen molar-refractivity contribution in [2.45, 2.75) is 25.9 Å². The van der Waals surface area contributed by atoms with Crippen LogP contribution in [0.5, 0.6) is 5.75 Å². The Morgan fingerprint density at radius 1 is 1.47 bits per heavy atom. The topological polar surface area (TPSA) is 64.9 Å². The van der Waals surface area contributed by atoms with Gasteiger partial charge < -0.3 is 10.1 Å². The van der Waals surface area contributed by atoms with Crippen LogP contribution in [0.25, 0.3) is 0 Å². The summed E-state index contributed by atoms with van der Waals surface area (Å²) in [5.41, 5.74) is 1.14. The SMILES string of the molecule is CCNC(C)c1nnnn1C1COc2ccccc21. The van der Waals surface area contributed by atoms with Gasteiger partial charge in [-0.05, 0) is 30.0 Å². The van der Waals surface area contributed by atoms with Crippen molar-refractivity contribution in [1.29, 1.82) is 0 Å². The Labute approximate surface area is 111 Å². The van der Waals surface area contributed by atoms with Crippen molar-refractivity contribution < 1.29 is 4.74 Å². The quantitative estimate of drug-likeness (QED) is 0.897. The average Bonchev–Trinajstić information content (AvgIpc) is 3.05. The second kappa shape index (κ2) is 4.97. The first-order valence-electron chi connectivity index (χ1n) is 6.54. The monoisotopic (exact) mass is 259 g/mol. The van der Waals surface area contributed by atoms with Gasteiger partial charge in [-0.25, -0.2) is 4.68 Å². The highest BCUT2D eigenvalue weighted by atomic mass is 16.5. The van der Waals surface area contributed by atoms with Crippen molar-refractivity contribution in [3.63, 3.8) is 0 Å². The maximum absolute atomic E-state index is 5.69. The molecule has 0 spiro atoms. The Morgan fingerprint density at radius 3 is 3.16 bits per heavy atom. The molecule has 2 atom stereocenters. The van der Waals surface area contributed by atoms with Gasteiger partial charge in [0, 0.05) is 5.56 Å². The van der Waals surface area contributed by atoms with Gasteiger partial charge in [0.05, 0.1) is 6.04 Å². The zero-order chi connectivity index (χ0) is 13.2. The molecular weight excluding hydrogens is 242 g/mol. The van der Waals surface area contributed by atoms with Gasteiger partial charge in [0.15, 0.2) is 5.82 Å². The summed E-state index contributed by atoms with van der Waals surface area (Å²) in [7, 11) is 0. The Morgan fingerprint density at radius 2 is 2.32 bits per heavy atom. The molecule has 3 rings (SSSR count). The normalized spacial score (nSPS) is 18.9. The molecule has 0 saturated carbocycles. The first-order chi connectivity index (χ1) is 9.31. The lowest BCUT2D eigenvalue weighted by molar-refractivity contribution is 0.299. The molecule has 0 fully saturated rings. The summed E-state index contributed by atoms with van der Waals surface area (Å²) < 4.78 is 7.55. The highest BCUT2D eigenvalue weighted by Crippen LogP contribution is 2.34. The molecule has 1 aliphatic heterocycles. The maximum Gasteiger partial charge on any atom is 0.168 e. The van der Waals surface area contributed by atoms with E-state index in [-0.39, 0.29) is 12.1 Å². The number of para-hydroxylation sites is 1. The van der Waals surface area contributed by atoms with Crippen molar-refractivity contribution in [2.75, 3.05) is 13.2 Å². The van der Waals surface area contributed by atoms with Gasteiger partial charge >= 0.3 is 0 Å². The third-order valence-corrected chi connectivity index (χ3v) is 3.39. The number of nitrogens with zero attached hydrogens (tertiary/aromatic N) is 4. The third kappa shape index (κ3) is 2.08. The Kier molecular flexibility index (Phi) is 3.16. The van der Waals surface area contributed by atoms with E-state index in [9.17, 15) is 0 Å². The second-order valence-corrected chi connectivity index (χ2v) is 4.63. The van der Waals surface area contributed by atoms with Gasteiger partial charge in [0.1, 0.15) is 18.4 Å². The zero-order valence-electron chi connectivity index (χ0n) is 11.1. The van der Waals surface area contributed by atoms with Crippen LogP contribution in [0, 0.1) is 0 Å². The fourth-order valence-electron chi connectivity index (χ4n) is 2.45. The lowest BCUT2D eigenvalue weighted by atomic mass is 10.1. The zero-order valence-corrected chi connectivity index (χ0v) is 11.1. The van der Waals surface area contributed by atoms with Gasteiger partial charge in [-0.2, -0.15) is 0 Å². The molecule has 1 N–H and O–H groups in total. The van der Waals surface area contributed by atoms with E-state index in [1.54, 1.807) is 0 Å². The molecule has 2 unspecified atom stereocenters. The van der Waals surface area contributed by atoms with E-state index in [4.69, 9.17) is 4.74 Å². The molecule has 0 saturated heterocycles. The highest BCUT2D eigenvalue weighted by Gasteiger charge is 2.29. The molecule has 0 radical (unpaired) electrons. The van der Waals surface area contributed by atoms with E-state index < -0.39 is 0 Å². The van der Waals surface area contributed by atoms with E-state index in [0.29, 0.717) is 6.61 Å². The van der Waals surface area contributed by atoms with E-state index in [0.717, 1.165) is 23.7 Å². The van der Waals surface area contributed by atoms with Crippen LogP contribution in [0.4, 0.5) is 0 Å². The standard InChI is InChI=1S/C13H17N5O/c1-3-14-9(2)13-15-16-17-18(13)11-8-19-12-7-5-4-6-10(11)12/h4-7,9,11,14H,3,8H2,1-2H3. The van der Waals surface area contributed by atoms with Crippen LogP contribution in [-0.2, 0) is 0 Å². The predicted octanol–water partition coefficient (Wildman–Crippen LogP) is 1.33. The minimum atomic E-state index is 0.0577. The van der Waals surface area contributed by atoms with Gasteiger partial charge in [0.2, 0.25) is 0 Å². The van der Waals surface area contributed by atoms with Crippen LogP contribution in [0.2, 0.25) is 0 Å². The molecule has 1 aromatic carbocycles. The fourth-order valence-corrected chi connectivity index (χ4v) is 2.45. The summed E-state index contributed by atoms with van der Waals surface area (Å²) in [6.07, 6.45) is 0. The van der Waals surface area contributed by atoms with Crippen LogP contribution >= 0.6 is 0 Å². The molecule has 6 heteroatoms. The van der Waals surface area contributed by atoms with Crippen molar-refractivity contribution in [3.05, 3.63) is 35.7 Å². The van der Waals surface area contributed by atoms with Gasteiger partial charge in [-0.1, -0.05) is 25.1 Å². The maximum atomic E-state index is 5.69. The van der Waals surface area contributed by atoms with Crippen LogP contribution in [0.1, 0.15) is 37.3 Å². The number of ether oxygens (including phenoxy) is 1. The summed E-state index contributed by atoms with van der Waals surface area (Å²) in [6, 6.07) is 8.21. The molecule has 0 bridgehead atoms. The first kappa shape index (κ1) is 12.1. The molecule has 0 aliphatic carbocycles. The number of nitrogens with one attached hydrogen (secondary N) is 1. The summed E-state index contributed by atoms with van der Waals surface area (Å²) in [6.45, 7) is 5.59. The van der Waals surface area contributed by atoms with E-state index in [1.165, 1.54) is 0 Å². The minimum absolute atomic E-state index is 0.0577. The van der Waals surface area contributed by atoms with Crippen molar-refractivity contribution >= 4 is 0 Å². The molecular formula is C13H17N5O. The summed E-state index contributed by atoms with van der Waals surface area (Å²) in [5, 5.41) is 15.4. The van der Waals surface area contributed by atoms with Gasteiger partial charge in [0.25, 0.3) is 0 Å². The smallest absolute Gasteiger partial charge is 0.168 e. The second-order valence-electron chi connectivity index (χ2n) is 4.63. The Bertz CT molecular complexity index is 568. The number of rotatable bonds is 4. The largest absolute Gasteiger partial charge is 0.491 e. The molecule has 6 nitrogen and oxygen atoms in total. The number of hydrogen-bond donors (Lipinski definition) is 1. The molecule has 1 aliphatic rings. The van der Waals surface area contributed by atoms with Gasteiger partial charge in [-0.3, -0.25) is 0 Å². The molecule has 2 heterocycles. The molecule has 100 valence electrons. The number of tetrazole rings is 1. The number of hydrogen-bond acceptors (Lipinski definition) is 5. The number of aromatic nitrogens is 4. The van der Waals surface area contributed by atoms with Crippen LogP contribution in [0.3, 0.4) is 0 Å². The van der Waals surface area contributed by atoms with Crippen molar-refractivity contribution in [3.8, 4) is 5.75 Å². The minimum Gasteiger partial charge on any atom is -0.491 e. The predicted molar refractivity (Wildman–Crippen MR) is 70.0 cm³/mol. The first-order valence-corrected chi connectivity index (χ1v) is 6.54. The summed E-state index contributed by atoms with van der Waals surface area (Å²) in [4.78, 5) is 0. The Hall–Kier alpha value is -1.95. The van der Waals surface area contributed by atoms with Crippen LogP contribution in [0.15, 0.2) is 24.3 Å². The number of fused-ring (bicyclic) bond motifs is 1. The Balaban J connectivity index is 1.94. The average molecular weight is 259 g/mol. The number of benzene rings is 1.